The van der Waals surface area contributed by atoms with Crippen molar-refractivity contribution in [2.45, 2.75) is 6.92 Å². The molecule has 15 heavy (non-hydrogen) atoms. The Bertz CT molecular complexity index is 408. The fourth-order valence-electron chi connectivity index (χ4n) is 1.03. The number of carbonyl (C=O) groups is 1. The molecule has 0 heterocycles. The Morgan fingerprint density at radius 1 is 1.47 bits per heavy atom. The average Bonchev–Trinajstić information content (AvgIpc) is 2.09. The Morgan fingerprint density at radius 2 is 2.13 bits per heavy atom. The number of nitrogens with one attached hydrogen (secondary N) is 2. The van der Waals surface area contributed by atoms with Gasteiger partial charge in [0.25, 0.3) is 0 Å². The van der Waals surface area contributed by atoms with E-state index in [1.165, 1.54) is 6.92 Å². The molecule has 0 saturated carbocycles. The predicted molar refractivity (Wildman–Crippen MR) is 66.2 cm³/mol. The SMILES string of the molecule is CC(=O)Nc1ccc(Cl)c(NC(N)=S)c1. The molecule has 0 aliphatic rings. The monoisotopic (exact) mass is 243 g/mol. The molecule has 0 saturated heterocycles. The van der Waals surface area contributed by atoms with E-state index in [1.807, 2.05) is 0 Å². The number of benzene rings is 1. The van der Waals surface area contributed by atoms with Crippen LogP contribution in [-0.2, 0) is 4.79 Å². The standard InChI is InChI=1S/C9H10ClN3OS/c1-5(14)12-6-2-3-7(10)8(4-6)13-9(11)15/h2-4H,1H3,(H,12,14)(H3,11,13,15). The van der Waals surface area contributed by atoms with E-state index in [4.69, 9.17) is 17.3 Å². The van der Waals surface area contributed by atoms with Crippen LogP contribution in [0.25, 0.3) is 0 Å². The summed E-state index contributed by atoms with van der Waals surface area (Å²) in [6.45, 7) is 1.43. The van der Waals surface area contributed by atoms with Crippen molar-refractivity contribution >= 4 is 46.2 Å². The minimum Gasteiger partial charge on any atom is -0.376 e. The molecule has 6 heteroatoms. The van der Waals surface area contributed by atoms with Crippen molar-refractivity contribution in [2.75, 3.05) is 10.6 Å². The largest absolute Gasteiger partial charge is 0.376 e. The van der Waals surface area contributed by atoms with Crippen LogP contribution in [0.15, 0.2) is 18.2 Å². The summed E-state index contributed by atoms with van der Waals surface area (Å²) in [5, 5.41) is 5.94. The molecule has 1 rings (SSSR count). The fourth-order valence-corrected chi connectivity index (χ4v) is 1.31. The van der Waals surface area contributed by atoms with Gasteiger partial charge in [0.15, 0.2) is 5.11 Å². The molecule has 1 amide bonds. The summed E-state index contributed by atoms with van der Waals surface area (Å²) in [4.78, 5) is 10.8. The molecule has 0 unspecified atom stereocenters. The maximum Gasteiger partial charge on any atom is 0.221 e. The molecule has 0 spiro atoms. The molecule has 0 aliphatic carbocycles. The second kappa shape index (κ2) is 4.95. The van der Waals surface area contributed by atoms with Crippen molar-refractivity contribution in [2.24, 2.45) is 5.73 Å². The summed E-state index contributed by atoms with van der Waals surface area (Å²) in [5.41, 5.74) is 6.51. The van der Waals surface area contributed by atoms with Crippen molar-refractivity contribution in [1.29, 1.82) is 0 Å². The topological polar surface area (TPSA) is 67.2 Å². The first-order valence-electron chi connectivity index (χ1n) is 4.12. The highest BCUT2D eigenvalue weighted by Gasteiger charge is 2.03. The minimum absolute atomic E-state index is 0.122. The summed E-state index contributed by atoms with van der Waals surface area (Å²) in [6.07, 6.45) is 0. The van der Waals surface area contributed by atoms with Crippen LogP contribution in [0.5, 0.6) is 0 Å². The van der Waals surface area contributed by atoms with Gasteiger partial charge >= 0.3 is 0 Å². The van der Waals surface area contributed by atoms with Crippen molar-refractivity contribution in [1.82, 2.24) is 0 Å². The van der Waals surface area contributed by atoms with E-state index in [-0.39, 0.29) is 11.0 Å². The van der Waals surface area contributed by atoms with E-state index in [0.29, 0.717) is 16.4 Å². The van der Waals surface area contributed by atoms with Gasteiger partial charge < -0.3 is 16.4 Å². The lowest BCUT2D eigenvalue weighted by Gasteiger charge is -2.09. The number of halogens is 1. The Labute approximate surface area is 97.8 Å². The Balaban J connectivity index is 2.94. The fraction of sp³-hybridized carbons (Fsp3) is 0.111. The Kier molecular flexibility index (Phi) is 3.88. The first kappa shape index (κ1) is 11.7. The van der Waals surface area contributed by atoms with Gasteiger partial charge in [0.2, 0.25) is 5.91 Å². The summed E-state index contributed by atoms with van der Waals surface area (Å²) in [5.74, 6) is -0.154. The van der Waals surface area contributed by atoms with Gasteiger partial charge in [-0.3, -0.25) is 4.79 Å². The molecular formula is C9H10ClN3OS. The van der Waals surface area contributed by atoms with Crippen molar-refractivity contribution in [3.05, 3.63) is 23.2 Å². The number of hydrogen-bond donors (Lipinski definition) is 3. The van der Waals surface area contributed by atoms with Crippen LogP contribution >= 0.6 is 23.8 Å². The van der Waals surface area contributed by atoms with Crippen LogP contribution < -0.4 is 16.4 Å². The zero-order valence-corrected chi connectivity index (χ0v) is 9.58. The molecule has 0 aliphatic heterocycles. The lowest BCUT2D eigenvalue weighted by Crippen LogP contribution is -2.19. The van der Waals surface area contributed by atoms with Crippen LogP contribution in [-0.4, -0.2) is 11.0 Å². The molecule has 0 radical (unpaired) electrons. The van der Waals surface area contributed by atoms with Gasteiger partial charge in [-0.25, -0.2) is 0 Å². The summed E-state index contributed by atoms with van der Waals surface area (Å²) < 4.78 is 0. The molecule has 0 atom stereocenters. The van der Waals surface area contributed by atoms with E-state index in [2.05, 4.69) is 22.9 Å². The van der Waals surface area contributed by atoms with Gasteiger partial charge in [-0.2, -0.15) is 0 Å². The highest BCUT2D eigenvalue weighted by atomic mass is 35.5. The third-order valence-corrected chi connectivity index (χ3v) is 1.98. The zero-order chi connectivity index (χ0) is 11.4. The number of thiocarbonyl (C=S) groups is 1. The highest BCUT2D eigenvalue weighted by molar-refractivity contribution is 7.80. The zero-order valence-electron chi connectivity index (χ0n) is 8.00. The number of rotatable bonds is 2. The molecule has 4 N–H and O–H groups in total. The molecule has 1 aromatic carbocycles. The van der Waals surface area contributed by atoms with Crippen molar-refractivity contribution in [3.8, 4) is 0 Å². The van der Waals surface area contributed by atoms with Crippen LogP contribution in [0.3, 0.4) is 0 Å². The normalized spacial score (nSPS) is 9.47. The third-order valence-electron chi connectivity index (χ3n) is 1.54. The second-order valence-electron chi connectivity index (χ2n) is 2.87. The van der Waals surface area contributed by atoms with E-state index in [0.717, 1.165) is 0 Å². The highest BCUT2D eigenvalue weighted by Crippen LogP contribution is 2.25. The molecule has 4 nitrogen and oxygen atoms in total. The van der Waals surface area contributed by atoms with Crippen LogP contribution in [0.1, 0.15) is 6.92 Å². The van der Waals surface area contributed by atoms with E-state index < -0.39 is 0 Å². The van der Waals surface area contributed by atoms with Crippen molar-refractivity contribution < 1.29 is 4.79 Å². The summed E-state index contributed by atoms with van der Waals surface area (Å²) >= 11 is 10.6. The molecule has 0 bridgehead atoms. The number of anilines is 2. The van der Waals surface area contributed by atoms with Gasteiger partial charge in [0.1, 0.15) is 0 Å². The lowest BCUT2D eigenvalue weighted by atomic mass is 10.2. The molecule has 0 aromatic heterocycles. The first-order valence-corrected chi connectivity index (χ1v) is 4.91. The first-order chi connectivity index (χ1) is 6.99. The van der Waals surface area contributed by atoms with E-state index >= 15 is 0 Å². The summed E-state index contributed by atoms with van der Waals surface area (Å²) in [6, 6.07) is 4.99. The molecule has 1 aromatic rings. The smallest absolute Gasteiger partial charge is 0.221 e. The number of carbonyl (C=O) groups excluding carboxylic acids is 1. The van der Waals surface area contributed by atoms with Gasteiger partial charge in [-0.1, -0.05) is 11.6 Å². The van der Waals surface area contributed by atoms with E-state index in [1.54, 1.807) is 18.2 Å². The predicted octanol–water partition coefficient (Wildman–Crippen LogP) is 1.95. The Hall–Kier alpha value is -1.33. The minimum atomic E-state index is -0.154. The van der Waals surface area contributed by atoms with Gasteiger partial charge in [-0.15, -0.1) is 0 Å². The quantitative estimate of drug-likeness (QED) is 0.695. The molecular weight excluding hydrogens is 234 g/mol. The van der Waals surface area contributed by atoms with Gasteiger partial charge in [0.05, 0.1) is 10.7 Å². The van der Waals surface area contributed by atoms with E-state index in [9.17, 15) is 4.79 Å². The number of amides is 1. The molecule has 0 fully saturated rings. The Morgan fingerprint density at radius 3 is 2.67 bits per heavy atom. The van der Waals surface area contributed by atoms with Gasteiger partial charge in [0, 0.05) is 12.6 Å². The van der Waals surface area contributed by atoms with Crippen LogP contribution in [0.4, 0.5) is 11.4 Å². The maximum atomic E-state index is 10.8. The van der Waals surface area contributed by atoms with Crippen LogP contribution in [0, 0.1) is 0 Å². The summed E-state index contributed by atoms with van der Waals surface area (Å²) in [7, 11) is 0. The number of nitrogens with two attached hydrogens (primary N) is 1. The van der Waals surface area contributed by atoms with Gasteiger partial charge in [-0.05, 0) is 30.4 Å². The lowest BCUT2D eigenvalue weighted by molar-refractivity contribution is -0.114. The third kappa shape index (κ3) is 3.73. The molecule has 80 valence electrons. The van der Waals surface area contributed by atoms with Crippen molar-refractivity contribution in [3.63, 3.8) is 0 Å². The maximum absolute atomic E-state index is 10.8. The average molecular weight is 244 g/mol. The second-order valence-corrected chi connectivity index (χ2v) is 3.71. The van der Waals surface area contributed by atoms with Crippen LogP contribution in [0.2, 0.25) is 5.02 Å². The number of hydrogen-bond acceptors (Lipinski definition) is 2.